The summed E-state index contributed by atoms with van der Waals surface area (Å²) in [6, 6.07) is 0.670. The second kappa shape index (κ2) is 6.55. The van der Waals surface area contributed by atoms with Crippen LogP contribution < -0.4 is 5.32 Å². The Balaban J connectivity index is 1.69. The summed E-state index contributed by atoms with van der Waals surface area (Å²) in [5, 5.41) is 13.2. The monoisotopic (exact) mass is 268 g/mol. The van der Waals surface area contributed by atoms with Gasteiger partial charge in [-0.05, 0) is 70.5 Å². The van der Waals surface area contributed by atoms with Crippen molar-refractivity contribution in [3.05, 3.63) is 0 Å². The third-order valence-corrected chi connectivity index (χ3v) is 5.03. The largest absolute Gasteiger partial charge is 0.394 e. The van der Waals surface area contributed by atoms with Gasteiger partial charge in [-0.1, -0.05) is 13.8 Å². The summed E-state index contributed by atoms with van der Waals surface area (Å²) in [4.78, 5) is 2.58. The minimum absolute atomic E-state index is 0.0733. The fourth-order valence-electron chi connectivity index (χ4n) is 3.17. The van der Waals surface area contributed by atoms with Crippen molar-refractivity contribution >= 4 is 0 Å². The van der Waals surface area contributed by atoms with Crippen LogP contribution in [0.2, 0.25) is 0 Å². The molecule has 0 aromatic heterocycles. The number of hydrogen-bond acceptors (Lipinski definition) is 3. The van der Waals surface area contributed by atoms with Crippen LogP contribution in [-0.4, -0.2) is 47.8 Å². The number of aliphatic hydroxyl groups is 1. The van der Waals surface area contributed by atoms with Crippen molar-refractivity contribution in [1.82, 2.24) is 10.2 Å². The molecular formula is C16H32N2O. The highest BCUT2D eigenvalue weighted by atomic mass is 16.3. The molecule has 1 atom stereocenters. The smallest absolute Gasteiger partial charge is 0.0611 e. The van der Waals surface area contributed by atoms with Gasteiger partial charge in [0.15, 0.2) is 0 Å². The lowest BCUT2D eigenvalue weighted by molar-refractivity contribution is 0.117. The predicted molar refractivity (Wildman–Crippen MR) is 80.3 cm³/mol. The highest BCUT2D eigenvalue weighted by molar-refractivity contribution is 4.93. The van der Waals surface area contributed by atoms with Crippen LogP contribution in [-0.2, 0) is 0 Å². The lowest BCUT2D eigenvalue weighted by atomic mass is 9.86. The molecule has 2 fully saturated rings. The van der Waals surface area contributed by atoms with E-state index in [2.05, 4.69) is 31.0 Å². The van der Waals surface area contributed by atoms with Gasteiger partial charge in [-0.15, -0.1) is 0 Å². The molecule has 0 aromatic carbocycles. The zero-order valence-corrected chi connectivity index (χ0v) is 13.0. The Morgan fingerprint density at radius 3 is 2.32 bits per heavy atom. The molecule has 2 rings (SSSR count). The van der Waals surface area contributed by atoms with Crippen LogP contribution in [0, 0.1) is 11.8 Å². The first-order valence-electron chi connectivity index (χ1n) is 8.13. The molecule has 19 heavy (non-hydrogen) atoms. The second-order valence-electron chi connectivity index (χ2n) is 7.31. The zero-order valence-electron chi connectivity index (χ0n) is 13.0. The average molecular weight is 268 g/mol. The molecule has 112 valence electrons. The SMILES string of the molecule is CC(C)C1CCN(CCC(C)(CO)NC2CC2)CC1. The molecule has 1 unspecified atom stereocenters. The number of rotatable bonds is 7. The van der Waals surface area contributed by atoms with E-state index in [0.717, 1.165) is 24.8 Å². The Hall–Kier alpha value is -0.120. The van der Waals surface area contributed by atoms with E-state index in [0.29, 0.717) is 6.04 Å². The number of likely N-dealkylation sites (tertiary alicyclic amines) is 1. The normalized spacial score (nSPS) is 25.7. The Bertz CT molecular complexity index is 270. The van der Waals surface area contributed by atoms with Gasteiger partial charge < -0.3 is 15.3 Å². The van der Waals surface area contributed by atoms with Crippen molar-refractivity contribution in [1.29, 1.82) is 0 Å². The summed E-state index contributed by atoms with van der Waals surface area (Å²) in [6.45, 7) is 10.7. The number of nitrogens with one attached hydrogen (secondary N) is 1. The summed E-state index contributed by atoms with van der Waals surface area (Å²) < 4.78 is 0. The number of hydrogen-bond donors (Lipinski definition) is 2. The van der Waals surface area contributed by atoms with Gasteiger partial charge in [0, 0.05) is 11.6 Å². The van der Waals surface area contributed by atoms with Crippen LogP contribution in [0.4, 0.5) is 0 Å². The summed E-state index contributed by atoms with van der Waals surface area (Å²) >= 11 is 0. The third-order valence-electron chi connectivity index (χ3n) is 5.03. The van der Waals surface area contributed by atoms with Gasteiger partial charge in [0.05, 0.1) is 6.61 Å². The average Bonchev–Trinajstić information content (AvgIpc) is 3.21. The van der Waals surface area contributed by atoms with Gasteiger partial charge in [0.1, 0.15) is 0 Å². The van der Waals surface area contributed by atoms with Crippen molar-refractivity contribution in [2.75, 3.05) is 26.2 Å². The summed E-state index contributed by atoms with van der Waals surface area (Å²) in [7, 11) is 0. The van der Waals surface area contributed by atoms with Crippen LogP contribution >= 0.6 is 0 Å². The predicted octanol–water partition coefficient (Wildman–Crippen LogP) is 2.25. The van der Waals surface area contributed by atoms with Crippen LogP contribution in [0.3, 0.4) is 0 Å². The molecule has 0 spiro atoms. The van der Waals surface area contributed by atoms with Gasteiger partial charge in [-0.25, -0.2) is 0 Å². The molecule has 2 aliphatic rings. The molecule has 2 N–H and O–H groups in total. The van der Waals surface area contributed by atoms with Crippen molar-refractivity contribution in [2.45, 2.75) is 64.5 Å². The van der Waals surface area contributed by atoms with Crippen molar-refractivity contribution < 1.29 is 5.11 Å². The molecule has 1 aliphatic heterocycles. The van der Waals surface area contributed by atoms with Gasteiger partial charge in [0.25, 0.3) is 0 Å². The highest BCUT2D eigenvalue weighted by Crippen LogP contribution is 2.26. The quantitative estimate of drug-likeness (QED) is 0.743. The summed E-state index contributed by atoms with van der Waals surface area (Å²) in [5.74, 6) is 1.76. The number of aliphatic hydroxyl groups excluding tert-OH is 1. The topological polar surface area (TPSA) is 35.5 Å². The molecule has 3 heteroatoms. The second-order valence-corrected chi connectivity index (χ2v) is 7.31. The third kappa shape index (κ3) is 4.73. The molecule has 3 nitrogen and oxygen atoms in total. The van der Waals surface area contributed by atoms with E-state index in [9.17, 15) is 5.11 Å². The first-order chi connectivity index (χ1) is 9.02. The van der Waals surface area contributed by atoms with Crippen LogP contribution in [0.5, 0.6) is 0 Å². The first-order valence-corrected chi connectivity index (χ1v) is 8.13. The molecule has 1 aliphatic carbocycles. The highest BCUT2D eigenvalue weighted by Gasteiger charge is 2.32. The van der Waals surface area contributed by atoms with Gasteiger partial charge in [0.2, 0.25) is 0 Å². The van der Waals surface area contributed by atoms with Gasteiger partial charge in [-0.3, -0.25) is 0 Å². The van der Waals surface area contributed by atoms with E-state index in [4.69, 9.17) is 0 Å². The standard InChI is InChI=1S/C16H32N2O/c1-13(2)14-6-9-18(10-7-14)11-8-16(3,12-19)17-15-4-5-15/h13-15,17,19H,4-12H2,1-3H3. The lowest BCUT2D eigenvalue weighted by Gasteiger charge is -2.36. The van der Waals surface area contributed by atoms with Crippen molar-refractivity contribution in [2.24, 2.45) is 11.8 Å². The van der Waals surface area contributed by atoms with Gasteiger partial charge in [-0.2, -0.15) is 0 Å². The van der Waals surface area contributed by atoms with Gasteiger partial charge >= 0.3 is 0 Å². The van der Waals surface area contributed by atoms with E-state index in [1.54, 1.807) is 0 Å². The molecule has 1 heterocycles. The molecule has 1 saturated heterocycles. The minimum Gasteiger partial charge on any atom is -0.394 e. The van der Waals surface area contributed by atoms with E-state index in [1.165, 1.54) is 38.8 Å². The molecule has 0 bridgehead atoms. The minimum atomic E-state index is -0.0733. The van der Waals surface area contributed by atoms with Crippen molar-refractivity contribution in [3.63, 3.8) is 0 Å². The van der Waals surface area contributed by atoms with Crippen LogP contribution in [0.25, 0.3) is 0 Å². The zero-order chi connectivity index (χ0) is 13.9. The first kappa shape index (κ1) is 15.3. The Kier molecular flexibility index (Phi) is 5.27. The fraction of sp³-hybridized carbons (Fsp3) is 1.00. The fourth-order valence-corrected chi connectivity index (χ4v) is 3.17. The summed E-state index contributed by atoms with van der Waals surface area (Å²) in [5.41, 5.74) is -0.0733. The maximum atomic E-state index is 9.63. The van der Waals surface area contributed by atoms with E-state index in [1.807, 2.05) is 0 Å². The molecule has 0 amide bonds. The maximum Gasteiger partial charge on any atom is 0.0611 e. The Morgan fingerprint density at radius 2 is 1.84 bits per heavy atom. The maximum absolute atomic E-state index is 9.63. The molecule has 0 aromatic rings. The summed E-state index contributed by atoms with van der Waals surface area (Å²) in [6.07, 6.45) is 6.34. The van der Waals surface area contributed by atoms with Crippen LogP contribution in [0.1, 0.15) is 52.9 Å². The van der Waals surface area contributed by atoms with E-state index < -0.39 is 0 Å². The van der Waals surface area contributed by atoms with Crippen molar-refractivity contribution in [3.8, 4) is 0 Å². The van der Waals surface area contributed by atoms with Crippen LogP contribution in [0.15, 0.2) is 0 Å². The number of piperidine rings is 1. The molecular weight excluding hydrogens is 236 g/mol. The van der Waals surface area contributed by atoms with E-state index in [-0.39, 0.29) is 12.1 Å². The molecule has 0 radical (unpaired) electrons. The molecule has 1 saturated carbocycles. The number of nitrogens with zero attached hydrogens (tertiary/aromatic N) is 1. The lowest BCUT2D eigenvalue weighted by Crippen LogP contribution is -2.49. The Morgan fingerprint density at radius 1 is 1.21 bits per heavy atom. The Labute approximate surface area is 118 Å². The van der Waals surface area contributed by atoms with E-state index >= 15 is 0 Å².